The van der Waals surface area contributed by atoms with Crippen molar-refractivity contribution in [3.63, 3.8) is 0 Å². The van der Waals surface area contributed by atoms with Crippen molar-refractivity contribution in [2.75, 3.05) is 12.4 Å². The summed E-state index contributed by atoms with van der Waals surface area (Å²) in [7, 11) is 1.50. The van der Waals surface area contributed by atoms with Crippen molar-refractivity contribution in [1.29, 1.82) is 0 Å². The van der Waals surface area contributed by atoms with Gasteiger partial charge in [-0.2, -0.15) is 0 Å². The molecule has 1 saturated carbocycles. The number of nitrogens with one attached hydrogen (secondary N) is 1. The summed E-state index contributed by atoms with van der Waals surface area (Å²) in [5, 5.41) is 13.1. The number of anilines is 2. The van der Waals surface area contributed by atoms with Crippen LogP contribution < -0.4 is 14.8 Å². The van der Waals surface area contributed by atoms with Gasteiger partial charge in [-0.25, -0.2) is 9.78 Å². The van der Waals surface area contributed by atoms with Gasteiger partial charge in [0.25, 0.3) is 0 Å². The predicted molar refractivity (Wildman–Crippen MR) is 135 cm³/mol. The standard InChI is InChI=1S/C27H35N3O4/c1-16(2)34-20-9-7-18(8-10-20)28-26-29-22-12-21(25(31)32)24(33-6)13-23(22)30(26)19-11-17(3)14-27(4,5)15-19/h7-10,12-13,16-17,19H,11,14-15H2,1-6H3,(H,28,29)(H,31,32). The fraction of sp³-hybridized carbons (Fsp3) is 0.481. The molecule has 1 aliphatic carbocycles. The van der Waals surface area contributed by atoms with E-state index in [2.05, 4.69) is 30.7 Å². The van der Waals surface area contributed by atoms with Gasteiger partial charge in [-0.05, 0) is 74.8 Å². The lowest BCUT2D eigenvalue weighted by Crippen LogP contribution is -2.29. The van der Waals surface area contributed by atoms with E-state index < -0.39 is 5.97 Å². The van der Waals surface area contributed by atoms with Gasteiger partial charge >= 0.3 is 5.97 Å². The number of ether oxygens (including phenoxy) is 2. The van der Waals surface area contributed by atoms with E-state index in [1.807, 2.05) is 44.2 Å². The van der Waals surface area contributed by atoms with Crippen molar-refractivity contribution in [3.8, 4) is 11.5 Å². The Labute approximate surface area is 201 Å². The Kier molecular flexibility index (Phi) is 6.47. The SMILES string of the molecule is COc1cc2c(cc1C(=O)O)nc(Nc1ccc(OC(C)C)cc1)n2C1CC(C)CC(C)(C)C1. The minimum absolute atomic E-state index is 0.109. The molecule has 0 amide bonds. The molecule has 3 aromatic rings. The summed E-state index contributed by atoms with van der Waals surface area (Å²) >= 11 is 0. The first-order valence-electron chi connectivity index (χ1n) is 11.9. The third kappa shape index (κ3) is 4.98. The Balaban J connectivity index is 1.81. The number of carboxylic acid groups (broad SMARTS) is 1. The zero-order valence-corrected chi connectivity index (χ0v) is 20.9. The van der Waals surface area contributed by atoms with Gasteiger partial charge in [-0.15, -0.1) is 0 Å². The largest absolute Gasteiger partial charge is 0.496 e. The Morgan fingerprint density at radius 2 is 1.91 bits per heavy atom. The van der Waals surface area contributed by atoms with Crippen molar-refractivity contribution in [1.82, 2.24) is 9.55 Å². The summed E-state index contributed by atoms with van der Waals surface area (Å²) in [6.07, 6.45) is 3.34. The van der Waals surface area contributed by atoms with Crippen molar-refractivity contribution < 1.29 is 19.4 Å². The van der Waals surface area contributed by atoms with Crippen LogP contribution in [0, 0.1) is 11.3 Å². The minimum atomic E-state index is -1.03. The Morgan fingerprint density at radius 3 is 2.50 bits per heavy atom. The molecule has 1 fully saturated rings. The zero-order valence-electron chi connectivity index (χ0n) is 20.9. The summed E-state index contributed by atoms with van der Waals surface area (Å²) < 4.78 is 13.4. The number of rotatable bonds is 7. The van der Waals surface area contributed by atoms with E-state index in [1.165, 1.54) is 13.5 Å². The quantitative estimate of drug-likeness (QED) is 0.406. The average Bonchev–Trinajstić information content (AvgIpc) is 3.09. The second-order valence-corrected chi connectivity index (χ2v) is 10.5. The van der Waals surface area contributed by atoms with Crippen molar-refractivity contribution in [2.45, 2.75) is 66.0 Å². The van der Waals surface area contributed by atoms with E-state index in [9.17, 15) is 9.90 Å². The summed E-state index contributed by atoms with van der Waals surface area (Å²) in [5.41, 5.74) is 2.72. The third-order valence-electron chi connectivity index (χ3n) is 6.45. The third-order valence-corrected chi connectivity index (χ3v) is 6.45. The maximum absolute atomic E-state index is 11.8. The molecule has 1 aliphatic rings. The number of hydrogen-bond donors (Lipinski definition) is 2. The molecular weight excluding hydrogens is 430 g/mol. The number of benzene rings is 2. The highest BCUT2D eigenvalue weighted by Gasteiger charge is 2.35. The molecule has 182 valence electrons. The van der Waals surface area contributed by atoms with Crippen LogP contribution in [0.4, 0.5) is 11.6 Å². The second-order valence-electron chi connectivity index (χ2n) is 10.5. The monoisotopic (exact) mass is 465 g/mol. The lowest BCUT2D eigenvalue weighted by molar-refractivity contribution is 0.0693. The van der Waals surface area contributed by atoms with Gasteiger partial charge in [-0.1, -0.05) is 20.8 Å². The van der Waals surface area contributed by atoms with Gasteiger partial charge in [-0.3, -0.25) is 0 Å². The highest BCUT2D eigenvalue weighted by molar-refractivity contribution is 5.96. The van der Waals surface area contributed by atoms with Gasteiger partial charge < -0.3 is 24.5 Å². The molecular formula is C27H35N3O4. The summed E-state index contributed by atoms with van der Waals surface area (Å²) in [6, 6.07) is 11.5. The van der Waals surface area contributed by atoms with Crippen LogP contribution in [0.3, 0.4) is 0 Å². The lowest BCUT2D eigenvalue weighted by atomic mass is 9.70. The number of aromatic carboxylic acids is 1. The number of imidazole rings is 1. The number of carboxylic acids is 1. The van der Waals surface area contributed by atoms with Crippen molar-refractivity contribution >= 4 is 28.6 Å². The maximum Gasteiger partial charge on any atom is 0.339 e. The smallest absolute Gasteiger partial charge is 0.339 e. The molecule has 0 aliphatic heterocycles. The Bertz CT molecular complexity index is 1180. The highest BCUT2D eigenvalue weighted by Crippen LogP contribution is 2.46. The van der Waals surface area contributed by atoms with Crippen molar-refractivity contribution in [2.24, 2.45) is 11.3 Å². The minimum Gasteiger partial charge on any atom is -0.496 e. The number of hydrogen-bond acceptors (Lipinski definition) is 5. The molecule has 2 unspecified atom stereocenters. The van der Waals surface area contributed by atoms with Gasteiger partial charge in [0.05, 0.1) is 24.2 Å². The Morgan fingerprint density at radius 1 is 1.21 bits per heavy atom. The maximum atomic E-state index is 11.8. The molecule has 2 N–H and O–H groups in total. The average molecular weight is 466 g/mol. The Hall–Kier alpha value is -3.22. The number of methoxy groups -OCH3 is 1. The van der Waals surface area contributed by atoms with Gasteiger partial charge in [0.1, 0.15) is 17.1 Å². The van der Waals surface area contributed by atoms with Crippen LogP contribution in [-0.4, -0.2) is 33.8 Å². The lowest BCUT2D eigenvalue weighted by Gasteiger charge is -2.40. The van der Waals surface area contributed by atoms with E-state index in [-0.39, 0.29) is 23.1 Å². The van der Waals surface area contributed by atoms with Gasteiger partial charge in [0.2, 0.25) is 5.95 Å². The predicted octanol–water partition coefficient (Wildman–Crippen LogP) is 6.66. The van der Waals surface area contributed by atoms with Crippen LogP contribution in [0.1, 0.15) is 70.3 Å². The van der Waals surface area contributed by atoms with E-state index >= 15 is 0 Å². The number of carbonyl (C=O) groups is 1. The molecule has 2 aromatic carbocycles. The molecule has 1 heterocycles. The molecule has 2 atom stereocenters. The fourth-order valence-corrected chi connectivity index (χ4v) is 5.43. The van der Waals surface area contributed by atoms with E-state index in [0.29, 0.717) is 23.1 Å². The normalized spacial score (nSPS) is 19.9. The summed E-state index contributed by atoms with van der Waals surface area (Å²) in [4.78, 5) is 16.7. The number of nitrogens with zero attached hydrogens (tertiary/aromatic N) is 2. The fourth-order valence-electron chi connectivity index (χ4n) is 5.43. The summed E-state index contributed by atoms with van der Waals surface area (Å²) in [5.74, 6) is 1.40. The highest BCUT2D eigenvalue weighted by atomic mass is 16.5. The first kappa shape index (κ1) is 23.9. The molecule has 0 bridgehead atoms. The topological polar surface area (TPSA) is 85.6 Å². The van der Waals surface area contributed by atoms with Crippen LogP contribution in [0.2, 0.25) is 0 Å². The first-order chi connectivity index (χ1) is 16.1. The van der Waals surface area contributed by atoms with Gasteiger partial charge in [0.15, 0.2) is 0 Å². The molecule has 0 radical (unpaired) electrons. The molecule has 1 aromatic heterocycles. The van der Waals surface area contributed by atoms with Crippen LogP contribution in [0.25, 0.3) is 11.0 Å². The molecule has 7 heteroatoms. The number of fused-ring (bicyclic) bond motifs is 1. The summed E-state index contributed by atoms with van der Waals surface area (Å²) in [6.45, 7) is 10.9. The van der Waals surface area contributed by atoms with E-state index in [1.54, 1.807) is 6.07 Å². The van der Waals surface area contributed by atoms with Crippen molar-refractivity contribution in [3.05, 3.63) is 42.0 Å². The zero-order chi connectivity index (χ0) is 24.6. The van der Waals surface area contributed by atoms with Gasteiger partial charge in [0, 0.05) is 17.8 Å². The van der Waals surface area contributed by atoms with Crippen LogP contribution >= 0.6 is 0 Å². The van der Waals surface area contributed by atoms with E-state index in [4.69, 9.17) is 14.5 Å². The van der Waals surface area contributed by atoms with Crippen LogP contribution in [-0.2, 0) is 0 Å². The van der Waals surface area contributed by atoms with Crippen LogP contribution in [0.5, 0.6) is 11.5 Å². The van der Waals surface area contributed by atoms with Crippen LogP contribution in [0.15, 0.2) is 36.4 Å². The van der Waals surface area contributed by atoms with E-state index in [0.717, 1.165) is 29.8 Å². The molecule has 34 heavy (non-hydrogen) atoms. The second kappa shape index (κ2) is 9.20. The molecule has 0 saturated heterocycles. The first-order valence-corrected chi connectivity index (χ1v) is 11.9. The molecule has 7 nitrogen and oxygen atoms in total. The molecule has 0 spiro atoms. The molecule has 4 rings (SSSR count). The number of aromatic nitrogens is 2.